The summed E-state index contributed by atoms with van der Waals surface area (Å²) in [5, 5.41) is 12.8. The van der Waals surface area contributed by atoms with Gasteiger partial charge in [-0.3, -0.25) is 4.79 Å². The van der Waals surface area contributed by atoms with Gasteiger partial charge in [0.15, 0.2) is 11.5 Å². The monoisotopic (exact) mass is 623 g/mol. The fourth-order valence-corrected chi connectivity index (χ4v) is 5.86. The SMILES string of the molecule is CCSc1nc2n(n1)C(c1ccc(OCc3c(Cl)cccc3Cl)c(OC)c1)C(C(=O)Nc1cccc(C)c1C)=C(C)N2. The minimum atomic E-state index is -0.578. The Kier molecular flexibility index (Phi) is 9.01. The van der Waals surface area contributed by atoms with Gasteiger partial charge in [-0.15, -0.1) is 5.10 Å². The van der Waals surface area contributed by atoms with Gasteiger partial charge < -0.3 is 20.1 Å². The van der Waals surface area contributed by atoms with E-state index in [1.165, 1.54) is 11.8 Å². The molecule has 0 saturated carbocycles. The number of aromatic nitrogens is 3. The zero-order valence-electron chi connectivity index (χ0n) is 23.9. The summed E-state index contributed by atoms with van der Waals surface area (Å²) in [6.07, 6.45) is 0. The highest BCUT2D eigenvalue weighted by molar-refractivity contribution is 7.99. The Morgan fingerprint density at radius 2 is 1.81 bits per heavy atom. The van der Waals surface area contributed by atoms with Crippen LogP contribution in [0.4, 0.5) is 11.6 Å². The molecule has 0 spiro atoms. The average Bonchev–Trinajstić information content (AvgIpc) is 3.36. The van der Waals surface area contributed by atoms with E-state index in [0.29, 0.717) is 49.5 Å². The first-order valence-electron chi connectivity index (χ1n) is 13.4. The molecular formula is C31H31Cl2N5O3S. The molecule has 11 heteroatoms. The van der Waals surface area contributed by atoms with Crippen LogP contribution >= 0.6 is 35.0 Å². The standard InChI is InChI=1S/C31H31Cl2N5O3S/c1-6-42-31-36-30-34-19(4)27(29(39)35-24-12-7-9-17(2)18(24)3)28(38(30)37-31)20-13-14-25(26(15-20)40-5)41-16-21-22(32)10-8-11-23(21)33/h7-15,28H,6,16H2,1-5H3,(H,35,39)(H,34,36,37). The molecule has 1 atom stereocenters. The van der Waals surface area contributed by atoms with Gasteiger partial charge in [-0.1, -0.05) is 66.2 Å². The summed E-state index contributed by atoms with van der Waals surface area (Å²) < 4.78 is 13.6. The molecule has 0 bridgehead atoms. The minimum Gasteiger partial charge on any atom is -0.493 e. The summed E-state index contributed by atoms with van der Waals surface area (Å²) >= 11 is 14.2. The Hall–Kier alpha value is -3.66. The van der Waals surface area contributed by atoms with Gasteiger partial charge in [0.1, 0.15) is 12.6 Å². The van der Waals surface area contributed by atoms with Crippen molar-refractivity contribution in [1.82, 2.24) is 14.8 Å². The number of aryl methyl sites for hydroxylation is 1. The maximum absolute atomic E-state index is 14.0. The maximum Gasteiger partial charge on any atom is 0.255 e. The highest BCUT2D eigenvalue weighted by Crippen LogP contribution is 2.40. The summed E-state index contributed by atoms with van der Waals surface area (Å²) in [5.41, 5.74) is 5.52. The van der Waals surface area contributed by atoms with Crippen LogP contribution in [0.25, 0.3) is 0 Å². The van der Waals surface area contributed by atoms with Gasteiger partial charge in [0.25, 0.3) is 5.91 Å². The zero-order chi connectivity index (χ0) is 30.0. The molecule has 1 aliphatic heterocycles. The number of carbonyl (C=O) groups is 1. The number of methoxy groups -OCH3 is 1. The Morgan fingerprint density at radius 3 is 2.52 bits per heavy atom. The lowest BCUT2D eigenvalue weighted by Crippen LogP contribution is -2.31. The molecule has 5 rings (SSSR count). The van der Waals surface area contributed by atoms with Gasteiger partial charge in [0.05, 0.1) is 12.7 Å². The lowest BCUT2D eigenvalue weighted by Gasteiger charge is -2.29. The van der Waals surface area contributed by atoms with Crippen molar-refractivity contribution in [3.8, 4) is 11.5 Å². The van der Waals surface area contributed by atoms with Gasteiger partial charge >= 0.3 is 0 Å². The zero-order valence-corrected chi connectivity index (χ0v) is 26.2. The Bertz CT molecular complexity index is 1670. The molecule has 2 heterocycles. The number of nitrogens with zero attached hydrogens (tertiary/aromatic N) is 3. The third-order valence-corrected chi connectivity index (χ3v) is 8.57. The van der Waals surface area contributed by atoms with E-state index < -0.39 is 6.04 Å². The molecule has 0 aliphatic carbocycles. The predicted octanol–water partition coefficient (Wildman–Crippen LogP) is 7.83. The quantitative estimate of drug-likeness (QED) is 0.184. The van der Waals surface area contributed by atoms with Crippen LogP contribution in [0.5, 0.6) is 11.5 Å². The lowest BCUT2D eigenvalue weighted by molar-refractivity contribution is -0.113. The van der Waals surface area contributed by atoms with Crippen molar-refractivity contribution in [1.29, 1.82) is 0 Å². The second-order valence-electron chi connectivity index (χ2n) is 9.76. The number of fused-ring (bicyclic) bond motifs is 1. The number of rotatable bonds is 9. The van der Waals surface area contributed by atoms with Crippen molar-refractivity contribution in [2.75, 3.05) is 23.5 Å². The summed E-state index contributed by atoms with van der Waals surface area (Å²) in [5.74, 6) is 2.14. The summed E-state index contributed by atoms with van der Waals surface area (Å²) in [6.45, 7) is 8.09. The number of thioether (sulfide) groups is 1. The number of anilines is 2. The predicted molar refractivity (Wildman–Crippen MR) is 169 cm³/mol. The molecule has 42 heavy (non-hydrogen) atoms. The van der Waals surface area contributed by atoms with Crippen LogP contribution in [0.15, 0.2) is 71.0 Å². The van der Waals surface area contributed by atoms with E-state index in [0.717, 1.165) is 28.1 Å². The fraction of sp³-hybridized carbons (Fsp3) is 0.258. The van der Waals surface area contributed by atoms with Gasteiger partial charge in [-0.2, -0.15) is 4.98 Å². The van der Waals surface area contributed by atoms with Crippen LogP contribution in [-0.2, 0) is 11.4 Å². The molecule has 2 N–H and O–H groups in total. The molecule has 1 aromatic heterocycles. The highest BCUT2D eigenvalue weighted by Gasteiger charge is 2.35. The van der Waals surface area contributed by atoms with Crippen molar-refractivity contribution >= 4 is 52.5 Å². The van der Waals surface area contributed by atoms with Crippen LogP contribution in [-0.4, -0.2) is 33.5 Å². The number of hydrogen-bond donors (Lipinski definition) is 2. The molecule has 0 radical (unpaired) electrons. The molecular weight excluding hydrogens is 593 g/mol. The van der Waals surface area contributed by atoms with Crippen molar-refractivity contribution in [3.63, 3.8) is 0 Å². The van der Waals surface area contributed by atoms with Crippen molar-refractivity contribution in [2.24, 2.45) is 0 Å². The molecule has 1 amide bonds. The third kappa shape index (κ3) is 5.95. The molecule has 1 aliphatic rings. The van der Waals surface area contributed by atoms with E-state index in [9.17, 15) is 4.79 Å². The summed E-state index contributed by atoms with van der Waals surface area (Å²) in [7, 11) is 1.57. The molecule has 218 valence electrons. The maximum atomic E-state index is 14.0. The molecule has 4 aromatic rings. The number of benzene rings is 3. The van der Waals surface area contributed by atoms with Gasteiger partial charge in [-0.25, -0.2) is 4.68 Å². The molecule has 0 saturated heterocycles. The largest absolute Gasteiger partial charge is 0.493 e. The number of ether oxygens (including phenoxy) is 2. The second kappa shape index (κ2) is 12.7. The Morgan fingerprint density at radius 1 is 1.07 bits per heavy atom. The van der Waals surface area contributed by atoms with Gasteiger partial charge in [0.2, 0.25) is 11.1 Å². The number of nitrogens with one attached hydrogen (secondary N) is 2. The molecule has 1 unspecified atom stereocenters. The normalized spacial score (nSPS) is 14.3. The van der Waals surface area contributed by atoms with E-state index in [-0.39, 0.29) is 12.5 Å². The highest BCUT2D eigenvalue weighted by atomic mass is 35.5. The van der Waals surface area contributed by atoms with Crippen LogP contribution in [0.2, 0.25) is 10.0 Å². The summed E-state index contributed by atoms with van der Waals surface area (Å²) in [6, 6.07) is 16.2. The minimum absolute atomic E-state index is 0.162. The number of amides is 1. The van der Waals surface area contributed by atoms with Gasteiger partial charge in [-0.05, 0) is 73.5 Å². The number of allylic oxidation sites excluding steroid dienone is 1. The van der Waals surface area contributed by atoms with Crippen LogP contribution in [0.1, 0.15) is 42.1 Å². The third-order valence-electron chi connectivity index (χ3n) is 7.14. The van der Waals surface area contributed by atoms with Crippen LogP contribution < -0.4 is 20.1 Å². The van der Waals surface area contributed by atoms with E-state index in [1.54, 1.807) is 30.0 Å². The average molecular weight is 625 g/mol. The second-order valence-corrected chi connectivity index (χ2v) is 11.8. The molecule has 8 nitrogen and oxygen atoms in total. The number of halogens is 2. The van der Waals surface area contributed by atoms with E-state index in [4.69, 9.17) is 37.8 Å². The smallest absolute Gasteiger partial charge is 0.255 e. The first-order chi connectivity index (χ1) is 20.2. The van der Waals surface area contributed by atoms with Crippen LogP contribution in [0.3, 0.4) is 0 Å². The van der Waals surface area contributed by atoms with Crippen molar-refractivity contribution in [3.05, 3.63) is 98.2 Å². The number of carbonyl (C=O) groups excluding carboxylic acids is 1. The molecule has 3 aromatic carbocycles. The fourth-order valence-electron chi connectivity index (χ4n) is 4.79. The Labute approximate surface area is 259 Å². The lowest BCUT2D eigenvalue weighted by atomic mass is 9.94. The first kappa shape index (κ1) is 29.8. The van der Waals surface area contributed by atoms with Crippen LogP contribution in [0, 0.1) is 13.8 Å². The van der Waals surface area contributed by atoms with Crippen molar-refractivity contribution in [2.45, 2.75) is 45.5 Å². The first-order valence-corrected chi connectivity index (χ1v) is 15.1. The Balaban J connectivity index is 1.53. The van der Waals surface area contributed by atoms with E-state index >= 15 is 0 Å². The van der Waals surface area contributed by atoms with E-state index in [2.05, 4.69) is 15.6 Å². The topological polar surface area (TPSA) is 90.3 Å². The molecule has 0 fully saturated rings. The van der Waals surface area contributed by atoms with E-state index in [1.807, 2.05) is 64.1 Å². The van der Waals surface area contributed by atoms with Gasteiger partial charge in [0, 0.05) is 27.0 Å². The van der Waals surface area contributed by atoms with Crippen molar-refractivity contribution < 1.29 is 14.3 Å². The number of hydrogen-bond acceptors (Lipinski definition) is 7. The summed E-state index contributed by atoms with van der Waals surface area (Å²) in [4.78, 5) is 18.6.